The van der Waals surface area contributed by atoms with Gasteiger partial charge in [-0.05, 0) is 26.0 Å². The molecule has 186 valence electrons. The van der Waals surface area contributed by atoms with Gasteiger partial charge in [-0.3, -0.25) is 10.3 Å². The van der Waals surface area contributed by atoms with Gasteiger partial charge in [0.05, 0.1) is 37.6 Å². The van der Waals surface area contributed by atoms with Gasteiger partial charge in [0.2, 0.25) is 21.6 Å². The topological polar surface area (TPSA) is 144 Å². The molecule has 0 spiro atoms. The fraction of sp³-hybridized carbons (Fsp3) is 0.333. The number of methoxy groups -OCH3 is 2. The van der Waals surface area contributed by atoms with Crippen molar-refractivity contribution in [3.63, 3.8) is 0 Å². The lowest BCUT2D eigenvalue weighted by molar-refractivity contribution is 0.391. The van der Waals surface area contributed by atoms with E-state index in [1.165, 1.54) is 21.1 Å². The number of hydrazone groups is 1. The summed E-state index contributed by atoms with van der Waals surface area (Å²) in [7, 11) is -0.987. The predicted octanol–water partition coefficient (Wildman–Crippen LogP) is 1.53. The van der Waals surface area contributed by atoms with Crippen LogP contribution in [0.3, 0.4) is 0 Å². The Morgan fingerprint density at radius 2 is 1.89 bits per heavy atom. The molecule has 1 unspecified atom stereocenters. The number of benzene rings is 1. The first kappa shape index (κ1) is 24.3. The Balaban J connectivity index is 1.68. The number of rotatable bonds is 9. The van der Waals surface area contributed by atoms with E-state index in [0.29, 0.717) is 28.6 Å². The fourth-order valence-corrected chi connectivity index (χ4v) is 4.54. The maximum absolute atomic E-state index is 13.2. The van der Waals surface area contributed by atoms with Gasteiger partial charge >= 0.3 is 0 Å². The second kappa shape index (κ2) is 9.84. The monoisotopic (exact) mass is 505 g/mol. The number of para-hydroxylation sites is 1. The van der Waals surface area contributed by atoms with Crippen LogP contribution >= 0.6 is 0 Å². The summed E-state index contributed by atoms with van der Waals surface area (Å²) in [4.78, 5) is 9.24. The highest BCUT2D eigenvalue weighted by Gasteiger charge is 2.39. The van der Waals surface area contributed by atoms with Crippen LogP contribution in [-0.4, -0.2) is 55.1 Å². The molecular formula is C21H24FN7O5S. The highest BCUT2D eigenvalue weighted by Crippen LogP contribution is 2.40. The minimum atomic E-state index is -3.96. The Kier molecular flexibility index (Phi) is 6.84. The van der Waals surface area contributed by atoms with E-state index < -0.39 is 27.4 Å². The standard InChI is InChI=1S/C21H24FN7O5S/c1-12-8-17(34-27-12)20-25-26-21(29(20)19-15(32-3)6-5-7-16(19)33-4)28-35(30,31)13(2)9-18-23-10-14(22)11-24-18/h5-8,10-11,13,21,26,28H,9H2,1-4H3/t13-,21?/m1/s1. The molecule has 3 aromatic rings. The third-order valence-electron chi connectivity index (χ3n) is 5.22. The number of ether oxygens (including phenoxy) is 2. The zero-order valence-corrected chi connectivity index (χ0v) is 20.2. The Morgan fingerprint density at radius 1 is 1.23 bits per heavy atom. The number of halogens is 1. The summed E-state index contributed by atoms with van der Waals surface area (Å²) >= 11 is 0. The molecule has 0 radical (unpaired) electrons. The number of anilines is 1. The van der Waals surface area contributed by atoms with Crippen LogP contribution < -0.4 is 24.5 Å². The van der Waals surface area contributed by atoms with Crippen LogP contribution in [-0.2, 0) is 16.4 Å². The van der Waals surface area contributed by atoms with Crippen molar-refractivity contribution in [2.45, 2.75) is 31.8 Å². The van der Waals surface area contributed by atoms with Gasteiger partial charge < -0.3 is 14.0 Å². The number of aromatic nitrogens is 3. The first-order chi connectivity index (χ1) is 16.7. The summed E-state index contributed by atoms with van der Waals surface area (Å²) in [5.41, 5.74) is 3.82. The van der Waals surface area contributed by atoms with Gasteiger partial charge in [-0.15, -0.1) is 0 Å². The normalized spacial score (nSPS) is 16.5. The summed E-state index contributed by atoms with van der Waals surface area (Å²) in [6, 6.07) is 6.82. The number of sulfonamides is 1. The van der Waals surface area contributed by atoms with E-state index in [1.54, 1.807) is 36.1 Å². The smallest absolute Gasteiger partial charge is 0.217 e. The molecule has 2 aromatic heterocycles. The largest absolute Gasteiger partial charge is 0.494 e. The number of nitrogens with zero attached hydrogens (tertiary/aromatic N) is 5. The van der Waals surface area contributed by atoms with Gasteiger partial charge in [0, 0.05) is 12.5 Å². The van der Waals surface area contributed by atoms with Crippen molar-refractivity contribution in [3.8, 4) is 11.5 Å². The maximum atomic E-state index is 13.2. The van der Waals surface area contributed by atoms with Crippen molar-refractivity contribution >= 4 is 21.5 Å². The van der Waals surface area contributed by atoms with Crippen molar-refractivity contribution in [1.29, 1.82) is 0 Å². The SMILES string of the molecule is COc1cccc(OC)c1N1C(c2cc(C)no2)=NNC1NS(=O)(=O)[C@H](C)Cc1ncc(F)cn1. The third kappa shape index (κ3) is 5.02. The van der Waals surface area contributed by atoms with E-state index in [-0.39, 0.29) is 18.1 Å². The van der Waals surface area contributed by atoms with E-state index >= 15 is 0 Å². The number of amidine groups is 1. The van der Waals surface area contributed by atoms with E-state index in [2.05, 4.69) is 30.4 Å². The summed E-state index contributed by atoms with van der Waals surface area (Å²) in [6.07, 6.45) is 0.878. The second-order valence-corrected chi connectivity index (χ2v) is 9.81. The minimum Gasteiger partial charge on any atom is -0.494 e. The van der Waals surface area contributed by atoms with Crippen molar-refractivity contribution in [1.82, 2.24) is 25.3 Å². The summed E-state index contributed by atoms with van der Waals surface area (Å²) in [5, 5.41) is 7.25. The number of nitrogens with one attached hydrogen (secondary N) is 2. The van der Waals surface area contributed by atoms with Crippen LogP contribution in [0.15, 0.2) is 46.3 Å². The van der Waals surface area contributed by atoms with Gasteiger partial charge in [-0.25, -0.2) is 22.8 Å². The molecule has 1 aliphatic rings. The van der Waals surface area contributed by atoms with E-state index in [9.17, 15) is 12.8 Å². The summed E-state index contributed by atoms with van der Waals surface area (Å²) in [5.74, 6) is 0.975. The van der Waals surface area contributed by atoms with E-state index in [4.69, 9.17) is 14.0 Å². The van der Waals surface area contributed by atoms with Gasteiger partial charge in [-0.1, -0.05) is 11.2 Å². The Labute approximate surface area is 201 Å². The molecule has 14 heteroatoms. The molecule has 2 atom stereocenters. The molecule has 1 aromatic carbocycles. The summed E-state index contributed by atoms with van der Waals surface area (Å²) < 4.78 is 58.7. The zero-order valence-electron chi connectivity index (χ0n) is 19.4. The molecule has 0 aliphatic carbocycles. The van der Waals surface area contributed by atoms with Crippen LogP contribution in [0.25, 0.3) is 0 Å². The van der Waals surface area contributed by atoms with Crippen LogP contribution in [0, 0.1) is 12.7 Å². The molecule has 1 aliphatic heterocycles. The highest BCUT2D eigenvalue weighted by molar-refractivity contribution is 7.90. The lowest BCUT2D eigenvalue weighted by Crippen LogP contribution is -2.54. The Bertz CT molecular complexity index is 1310. The first-order valence-corrected chi connectivity index (χ1v) is 12.0. The highest BCUT2D eigenvalue weighted by atomic mass is 32.2. The fourth-order valence-electron chi connectivity index (χ4n) is 3.47. The summed E-state index contributed by atoms with van der Waals surface area (Å²) in [6.45, 7) is 3.25. The number of aryl methyl sites for hydroxylation is 1. The molecule has 0 fully saturated rings. The van der Waals surface area contributed by atoms with Crippen molar-refractivity contribution < 1.29 is 26.8 Å². The van der Waals surface area contributed by atoms with E-state index in [1.807, 2.05) is 0 Å². The second-order valence-electron chi connectivity index (χ2n) is 7.68. The quantitative estimate of drug-likeness (QED) is 0.439. The van der Waals surface area contributed by atoms with Crippen molar-refractivity contribution in [2.24, 2.45) is 5.10 Å². The van der Waals surface area contributed by atoms with Crippen LogP contribution in [0.5, 0.6) is 11.5 Å². The molecule has 0 bridgehead atoms. The van der Waals surface area contributed by atoms with Gasteiger partial charge in [-0.2, -0.15) is 9.82 Å². The Hall–Kier alpha value is -3.78. The van der Waals surface area contributed by atoms with Crippen LogP contribution in [0.4, 0.5) is 10.1 Å². The zero-order chi connectivity index (χ0) is 25.2. The first-order valence-electron chi connectivity index (χ1n) is 10.5. The molecule has 0 saturated heterocycles. The number of hydrogen-bond donors (Lipinski definition) is 2. The van der Waals surface area contributed by atoms with Crippen LogP contribution in [0.1, 0.15) is 24.2 Å². The minimum absolute atomic E-state index is 0.0324. The van der Waals surface area contributed by atoms with Crippen molar-refractivity contribution in [3.05, 3.63) is 59.8 Å². The molecular weight excluding hydrogens is 481 g/mol. The molecule has 0 saturated carbocycles. The molecule has 4 rings (SSSR count). The van der Waals surface area contributed by atoms with Crippen LogP contribution in [0.2, 0.25) is 0 Å². The lowest BCUT2D eigenvalue weighted by Gasteiger charge is -2.30. The Morgan fingerprint density at radius 3 is 2.46 bits per heavy atom. The van der Waals surface area contributed by atoms with Gasteiger partial charge in [0.15, 0.2) is 12.1 Å². The molecule has 3 heterocycles. The predicted molar refractivity (Wildman–Crippen MR) is 124 cm³/mol. The van der Waals surface area contributed by atoms with Gasteiger partial charge in [0.1, 0.15) is 23.0 Å². The number of hydrogen-bond acceptors (Lipinski definition) is 11. The van der Waals surface area contributed by atoms with E-state index in [0.717, 1.165) is 12.4 Å². The average molecular weight is 506 g/mol. The molecule has 2 N–H and O–H groups in total. The maximum Gasteiger partial charge on any atom is 0.217 e. The van der Waals surface area contributed by atoms with Gasteiger partial charge in [0.25, 0.3) is 0 Å². The van der Waals surface area contributed by atoms with Crippen molar-refractivity contribution in [2.75, 3.05) is 19.1 Å². The lowest BCUT2D eigenvalue weighted by atomic mass is 10.2. The molecule has 35 heavy (non-hydrogen) atoms. The third-order valence-corrected chi connectivity index (χ3v) is 7.00. The molecule has 0 amide bonds. The molecule has 12 nitrogen and oxygen atoms in total. The average Bonchev–Trinajstić information content (AvgIpc) is 3.45.